The Kier molecular flexibility index (Phi) is 5.74. The lowest BCUT2D eigenvalue weighted by atomic mass is 10.1. The lowest BCUT2D eigenvalue weighted by molar-refractivity contribution is -0.384. The summed E-state index contributed by atoms with van der Waals surface area (Å²) in [5, 5.41) is 16.8. The number of benzene rings is 1. The minimum Gasteiger partial charge on any atom is -0.465 e. The van der Waals surface area contributed by atoms with Gasteiger partial charge in [0.05, 0.1) is 17.6 Å². The molecule has 0 unspecified atom stereocenters. The Bertz CT molecular complexity index is 462. The second-order valence-corrected chi connectivity index (χ2v) is 3.86. The number of esters is 1. The maximum Gasteiger partial charge on any atom is 0.337 e. The second-order valence-electron chi connectivity index (χ2n) is 3.86. The van der Waals surface area contributed by atoms with E-state index >= 15 is 0 Å². The summed E-state index contributed by atoms with van der Waals surface area (Å²) >= 11 is 0. The van der Waals surface area contributed by atoms with E-state index in [1.165, 1.54) is 25.3 Å². The molecule has 0 aromatic heterocycles. The molecule has 0 aliphatic carbocycles. The third kappa shape index (κ3) is 4.22. The maximum absolute atomic E-state index is 11.4. The van der Waals surface area contributed by atoms with Gasteiger partial charge in [-0.05, 0) is 32.1 Å². The second kappa shape index (κ2) is 7.32. The van der Waals surface area contributed by atoms with Gasteiger partial charge in [0.25, 0.3) is 5.69 Å². The molecule has 19 heavy (non-hydrogen) atoms. The minimum absolute atomic E-state index is 0.0582. The molecule has 0 saturated carbocycles. The van der Waals surface area contributed by atoms with Crippen LogP contribution in [0, 0.1) is 10.1 Å². The fourth-order valence-electron chi connectivity index (χ4n) is 1.57. The van der Waals surface area contributed by atoms with E-state index in [4.69, 9.17) is 0 Å². The Morgan fingerprint density at radius 1 is 1.42 bits per heavy atom. The average Bonchev–Trinajstić information content (AvgIpc) is 2.42. The van der Waals surface area contributed by atoms with Crippen LogP contribution in [0.25, 0.3) is 0 Å². The normalized spacial score (nSPS) is 10.0. The van der Waals surface area contributed by atoms with Crippen LogP contribution in [0.15, 0.2) is 18.2 Å². The number of nitro benzene ring substituents is 1. The number of carbonyl (C=O) groups excluding carboxylic acids is 1. The number of hydrogen-bond acceptors (Lipinski definition) is 6. The highest BCUT2D eigenvalue weighted by Gasteiger charge is 2.16. The molecule has 1 aromatic carbocycles. The van der Waals surface area contributed by atoms with E-state index in [0.29, 0.717) is 12.2 Å². The number of anilines is 1. The Morgan fingerprint density at radius 2 is 2.16 bits per heavy atom. The smallest absolute Gasteiger partial charge is 0.337 e. The summed E-state index contributed by atoms with van der Waals surface area (Å²) in [4.78, 5) is 21.8. The first-order valence-corrected chi connectivity index (χ1v) is 5.85. The first-order valence-electron chi connectivity index (χ1n) is 5.85. The molecular formula is C12H17N3O4. The van der Waals surface area contributed by atoms with Gasteiger partial charge in [0, 0.05) is 12.6 Å². The zero-order valence-electron chi connectivity index (χ0n) is 10.9. The van der Waals surface area contributed by atoms with Crippen LogP contribution in [0.4, 0.5) is 11.4 Å². The quantitative estimate of drug-likeness (QED) is 0.336. The molecule has 1 rings (SSSR count). The molecule has 0 atom stereocenters. The summed E-state index contributed by atoms with van der Waals surface area (Å²) < 4.78 is 4.59. The molecule has 0 spiro atoms. The number of rotatable bonds is 7. The van der Waals surface area contributed by atoms with E-state index < -0.39 is 10.9 Å². The fraction of sp³-hybridized carbons (Fsp3) is 0.417. The summed E-state index contributed by atoms with van der Waals surface area (Å²) in [7, 11) is 3.10. The molecule has 0 aliphatic heterocycles. The van der Waals surface area contributed by atoms with Gasteiger partial charge in [-0.25, -0.2) is 4.79 Å². The van der Waals surface area contributed by atoms with E-state index in [2.05, 4.69) is 15.4 Å². The van der Waals surface area contributed by atoms with Crippen molar-refractivity contribution in [3.8, 4) is 0 Å². The molecule has 104 valence electrons. The van der Waals surface area contributed by atoms with Crippen LogP contribution >= 0.6 is 0 Å². The van der Waals surface area contributed by atoms with Gasteiger partial charge in [0.1, 0.15) is 5.69 Å². The molecule has 7 heteroatoms. The lowest BCUT2D eigenvalue weighted by Gasteiger charge is -2.08. The van der Waals surface area contributed by atoms with E-state index in [1.807, 2.05) is 7.05 Å². The number of nitrogens with zero attached hydrogens (tertiary/aromatic N) is 1. The van der Waals surface area contributed by atoms with Crippen LogP contribution in [-0.2, 0) is 4.74 Å². The van der Waals surface area contributed by atoms with Crippen molar-refractivity contribution in [3.05, 3.63) is 33.9 Å². The first kappa shape index (κ1) is 14.9. The van der Waals surface area contributed by atoms with Crippen molar-refractivity contribution in [2.45, 2.75) is 6.42 Å². The van der Waals surface area contributed by atoms with Crippen molar-refractivity contribution in [1.82, 2.24) is 5.32 Å². The zero-order valence-corrected chi connectivity index (χ0v) is 10.9. The largest absolute Gasteiger partial charge is 0.465 e. The van der Waals surface area contributed by atoms with Crippen LogP contribution in [0.3, 0.4) is 0 Å². The predicted molar refractivity (Wildman–Crippen MR) is 71.5 cm³/mol. The van der Waals surface area contributed by atoms with Crippen molar-refractivity contribution in [1.29, 1.82) is 0 Å². The SMILES string of the molecule is CNCCCNc1cc(C(=O)OC)ccc1[N+](=O)[O-]. The molecule has 0 bridgehead atoms. The molecule has 1 aromatic rings. The van der Waals surface area contributed by atoms with E-state index in [1.54, 1.807) is 0 Å². The third-order valence-electron chi connectivity index (χ3n) is 2.53. The van der Waals surface area contributed by atoms with Crippen molar-refractivity contribution in [3.63, 3.8) is 0 Å². The van der Waals surface area contributed by atoms with E-state index in [0.717, 1.165) is 13.0 Å². The molecule has 0 aliphatic rings. The maximum atomic E-state index is 11.4. The summed E-state index contributed by atoms with van der Waals surface area (Å²) in [6, 6.07) is 4.11. The van der Waals surface area contributed by atoms with Crippen LogP contribution in [0.2, 0.25) is 0 Å². The van der Waals surface area contributed by atoms with Gasteiger partial charge in [-0.15, -0.1) is 0 Å². The van der Waals surface area contributed by atoms with E-state index in [9.17, 15) is 14.9 Å². The van der Waals surface area contributed by atoms with Crippen molar-refractivity contribution >= 4 is 17.3 Å². The van der Waals surface area contributed by atoms with E-state index in [-0.39, 0.29) is 11.3 Å². The molecule has 0 radical (unpaired) electrons. The summed E-state index contributed by atoms with van der Waals surface area (Å²) in [5.74, 6) is -0.520. The summed E-state index contributed by atoms with van der Waals surface area (Å²) in [6.45, 7) is 1.38. The van der Waals surface area contributed by atoms with Gasteiger partial charge in [-0.3, -0.25) is 10.1 Å². The van der Waals surface area contributed by atoms with Crippen molar-refractivity contribution in [2.24, 2.45) is 0 Å². The number of carbonyl (C=O) groups is 1. The molecule has 0 amide bonds. The molecule has 0 fully saturated rings. The Balaban J connectivity index is 2.89. The average molecular weight is 267 g/mol. The van der Waals surface area contributed by atoms with Gasteiger partial charge >= 0.3 is 5.97 Å². The number of nitro groups is 1. The van der Waals surface area contributed by atoms with Gasteiger partial charge in [0.2, 0.25) is 0 Å². The minimum atomic E-state index is -0.520. The standard InChI is InChI=1S/C12H17N3O4/c1-13-6-3-7-14-10-8-9(12(16)19-2)4-5-11(10)15(17)18/h4-5,8,13-14H,3,6-7H2,1-2H3. The van der Waals surface area contributed by atoms with Crippen molar-refractivity contribution in [2.75, 3.05) is 32.6 Å². The number of ether oxygens (including phenoxy) is 1. The Labute approximate surface area is 111 Å². The van der Waals surface area contributed by atoms with Crippen LogP contribution in [-0.4, -0.2) is 38.1 Å². The Hall–Kier alpha value is -2.15. The van der Waals surface area contributed by atoms with Gasteiger partial charge in [0.15, 0.2) is 0 Å². The topological polar surface area (TPSA) is 93.5 Å². The highest BCUT2D eigenvalue weighted by Crippen LogP contribution is 2.25. The first-order chi connectivity index (χ1) is 9.10. The highest BCUT2D eigenvalue weighted by atomic mass is 16.6. The zero-order chi connectivity index (χ0) is 14.3. The number of hydrogen-bond donors (Lipinski definition) is 2. The van der Waals surface area contributed by atoms with Gasteiger partial charge in [-0.1, -0.05) is 0 Å². The van der Waals surface area contributed by atoms with Gasteiger partial charge in [-0.2, -0.15) is 0 Å². The monoisotopic (exact) mass is 267 g/mol. The summed E-state index contributed by atoms with van der Waals surface area (Å²) in [6.07, 6.45) is 0.816. The lowest BCUT2D eigenvalue weighted by Crippen LogP contribution is -2.13. The predicted octanol–water partition coefficient (Wildman–Crippen LogP) is 1.40. The fourth-order valence-corrected chi connectivity index (χ4v) is 1.57. The highest BCUT2D eigenvalue weighted by molar-refractivity contribution is 5.91. The van der Waals surface area contributed by atoms with Gasteiger partial charge < -0.3 is 15.4 Å². The molecule has 2 N–H and O–H groups in total. The molecule has 0 heterocycles. The molecule has 7 nitrogen and oxygen atoms in total. The summed E-state index contributed by atoms with van der Waals surface area (Å²) in [5.41, 5.74) is 0.547. The van der Waals surface area contributed by atoms with Crippen LogP contribution < -0.4 is 10.6 Å². The van der Waals surface area contributed by atoms with Crippen molar-refractivity contribution < 1.29 is 14.5 Å². The molecular weight excluding hydrogens is 250 g/mol. The Morgan fingerprint density at radius 3 is 2.74 bits per heavy atom. The number of methoxy groups -OCH3 is 1. The molecule has 0 saturated heterocycles. The van der Waals surface area contributed by atoms with Crippen LogP contribution in [0.5, 0.6) is 0 Å². The third-order valence-corrected chi connectivity index (χ3v) is 2.53. The number of nitrogens with one attached hydrogen (secondary N) is 2. The van der Waals surface area contributed by atoms with Crippen LogP contribution in [0.1, 0.15) is 16.8 Å².